The molecule has 0 fully saturated rings. The van der Waals surface area contributed by atoms with Crippen LogP contribution in [-0.2, 0) is 4.79 Å². The second-order valence-corrected chi connectivity index (χ2v) is 10.8. The minimum Gasteiger partial charge on any atom is -0.399 e. The number of benzene rings is 1. The number of anilines is 2. The molecule has 0 bridgehead atoms. The second-order valence-electron chi connectivity index (χ2n) is 10.8. The molecule has 0 aliphatic carbocycles. The number of nitrogens with one attached hydrogen (secondary N) is 2. The summed E-state index contributed by atoms with van der Waals surface area (Å²) in [6.07, 6.45) is 2.30. The zero-order chi connectivity index (χ0) is 25.8. The van der Waals surface area contributed by atoms with Gasteiger partial charge in [-0.2, -0.15) is 0 Å². The summed E-state index contributed by atoms with van der Waals surface area (Å²) < 4.78 is 0.917. The van der Waals surface area contributed by atoms with Crippen molar-refractivity contribution in [2.75, 3.05) is 11.1 Å². The number of carbonyl (C=O) groups excluding carboxylic acids is 2. The first-order valence-corrected chi connectivity index (χ1v) is 11.4. The molecule has 9 nitrogen and oxygen atoms in total. The molecule has 2 rings (SSSR count). The molecule has 1 aromatic carbocycles. The Morgan fingerprint density at radius 2 is 1.79 bits per heavy atom. The van der Waals surface area contributed by atoms with Gasteiger partial charge in [0.15, 0.2) is 5.82 Å². The van der Waals surface area contributed by atoms with E-state index in [4.69, 9.17) is 10.6 Å². The summed E-state index contributed by atoms with van der Waals surface area (Å²) in [5.41, 5.74) is 5.95. The van der Waals surface area contributed by atoms with E-state index in [1.165, 1.54) is 6.20 Å². The summed E-state index contributed by atoms with van der Waals surface area (Å²) in [6, 6.07) is 4.73. The van der Waals surface area contributed by atoms with Gasteiger partial charge in [-0.3, -0.25) is 9.59 Å². The largest absolute Gasteiger partial charge is 0.399 e. The van der Waals surface area contributed by atoms with Crippen LogP contribution in [-0.4, -0.2) is 33.2 Å². The van der Waals surface area contributed by atoms with Gasteiger partial charge in [0.1, 0.15) is 5.69 Å². The first-order valence-electron chi connectivity index (χ1n) is 11.4. The summed E-state index contributed by atoms with van der Waals surface area (Å²) in [5.74, 6) is -0.818. The molecule has 0 saturated heterocycles. The first-order chi connectivity index (χ1) is 15.6. The Kier molecular flexibility index (Phi) is 8.13. The number of rotatable bonds is 7. The topological polar surface area (TPSA) is 128 Å². The van der Waals surface area contributed by atoms with Crippen LogP contribution < -0.4 is 26.8 Å². The monoisotopic (exact) mass is 471 g/mol. The van der Waals surface area contributed by atoms with Crippen molar-refractivity contribution >= 4 is 23.4 Å². The molecule has 0 aliphatic heterocycles. The van der Waals surface area contributed by atoms with Gasteiger partial charge in [0.05, 0.1) is 12.6 Å². The molecular formula is C25H37N5O4. The van der Waals surface area contributed by atoms with E-state index < -0.39 is 17.1 Å². The Morgan fingerprint density at radius 3 is 2.35 bits per heavy atom. The fraction of sp³-hybridized carbons (Fsp3) is 0.520. The lowest BCUT2D eigenvalue weighted by molar-refractivity contribution is -0.146. The highest BCUT2D eigenvalue weighted by Gasteiger charge is 2.23. The molecule has 9 heteroatoms. The minimum absolute atomic E-state index is 0.0154. The summed E-state index contributed by atoms with van der Waals surface area (Å²) in [6.45, 7) is 15.2. The van der Waals surface area contributed by atoms with Crippen LogP contribution in [0.1, 0.15) is 78.6 Å². The number of nitrogen functional groups attached to an aromatic ring is 1. The highest BCUT2D eigenvalue weighted by Crippen LogP contribution is 2.24. The Bertz CT molecular complexity index is 1110. The minimum atomic E-state index is -0.622. The highest BCUT2D eigenvalue weighted by atomic mass is 16.7. The number of nitrogens with two attached hydrogens (primary N) is 1. The molecule has 34 heavy (non-hydrogen) atoms. The van der Waals surface area contributed by atoms with Crippen molar-refractivity contribution in [2.24, 2.45) is 5.41 Å². The van der Waals surface area contributed by atoms with Gasteiger partial charge in [0, 0.05) is 28.4 Å². The lowest BCUT2D eigenvalue weighted by atomic mass is 9.93. The van der Waals surface area contributed by atoms with Gasteiger partial charge in [-0.05, 0) is 57.7 Å². The molecule has 186 valence electrons. The van der Waals surface area contributed by atoms with Crippen LogP contribution in [0.3, 0.4) is 0 Å². The molecule has 0 spiro atoms. The van der Waals surface area contributed by atoms with E-state index in [9.17, 15) is 14.4 Å². The van der Waals surface area contributed by atoms with Crippen molar-refractivity contribution in [1.29, 1.82) is 0 Å². The maximum atomic E-state index is 13.3. The Balaban J connectivity index is 2.61. The Hall–Kier alpha value is -3.36. The molecule has 1 atom stereocenters. The van der Waals surface area contributed by atoms with Crippen molar-refractivity contribution in [1.82, 2.24) is 15.0 Å². The van der Waals surface area contributed by atoms with Gasteiger partial charge in [0.2, 0.25) is 0 Å². The maximum absolute atomic E-state index is 13.3. The third-order valence-electron chi connectivity index (χ3n) is 4.79. The van der Waals surface area contributed by atoms with Gasteiger partial charge in [-0.1, -0.05) is 27.7 Å². The molecule has 1 amide bonds. The molecule has 0 radical (unpaired) electrons. The van der Waals surface area contributed by atoms with E-state index in [2.05, 4.69) is 15.6 Å². The van der Waals surface area contributed by atoms with Gasteiger partial charge in [0.25, 0.3) is 5.91 Å². The van der Waals surface area contributed by atoms with Crippen molar-refractivity contribution < 1.29 is 14.4 Å². The second kappa shape index (κ2) is 10.3. The number of aromatic nitrogens is 2. The average molecular weight is 472 g/mol. The number of hydrogen-bond acceptors (Lipinski definition) is 7. The molecule has 4 N–H and O–H groups in total. The van der Waals surface area contributed by atoms with Crippen LogP contribution in [0.5, 0.6) is 0 Å². The smallest absolute Gasteiger partial charge is 0.333 e. The fourth-order valence-corrected chi connectivity index (χ4v) is 3.07. The molecule has 0 saturated carbocycles. The van der Waals surface area contributed by atoms with Crippen molar-refractivity contribution in [3.63, 3.8) is 0 Å². The van der Waals surface area contributed by atoms with Crippen LogP contribution in [0.4, 0.5) is 11.5 Å². The van der Waals surface area contributed by atoms with Gasteiger partial charge in [-0.25, -0.2) is 9.78 Å². The third-order valence-corrected chi connectivity index (χ3v) is 4.79. The molecule has 0 unspecified atom stereocenters. The van der Waals surface area contributed by atoms with E-state index in [1.807, 2.05) is 55.4 Å². The van der Waals surface area contributed by atoms with Crippen LogP contribution in [0.2, 0.25) is 0 Å². The average Bonchev–Trinajstić information content (AvgIpc) is 2.68. The van der Waals surface area contributed by atoms with Gasteiger partial charge >= 0.3 is 11.5 Å². The van der Waals surface area contributed by atoms with Crippen LogP contribution >= 0.6 is 0 Å². The number of amides is 1. The zero-order valence-corrected chi connectivity index (χ0v) is 21.4. The van der Waals surface area contributed by atoms with E-state index in [1.54, 1.807) is 18.2 Å². The summed E-state index contributed by atoms with van der Waals surface area (Å²) >= 11 is 0. The first kappa shape index (κ1) is 26.9. The van der Waals surface area contributed by atoms with Crippen LogP contribution in [0.25, 0.3) is 11.3 Å². The Morgan fingerprint density at radius 1 is 1.15 bits per heavy atom. The highest BCUT2D eigenvalue weighted by molar-refractivity contribution is 5.96. The lowest BCUT2D eigenvalue weighted by Gasteiger charge is -2.22. The van der Waals surface area contributed by atoms with Gasteiger partial charge < -0.3 is 21.2 Å². The number of carbonyl (C=O) groups is 2. The van der Waals surface area contributed by atoms with E-state index in [-0.39, 0.29) is 35.3 Å². The summed E-state index contributed by atoms with van der Waals surface area (Å²) in [5, 5.41) is 5.93. The molecular weight excluding hydrogens is 434 g/mol. The summed E-state index contributed by atoms with van der Waals surface area (Å²) in [4.78, 5) is 48.4. The summed E-state index contributed by atoms with van der Waals surface area (Å²) in [7, 11) is 0. The van der Waals surface area contributed by atoms with E-state index in [0.717, 1.165) is 11.2 Å². The van der Waals surface area contributed by atoms with E-state index >= 15 is 0 Å². The maximum Gasteiger partial charge on any atom is 0.333 e. The van der Waals surface area contributed by atoms with Crippen LogP contribution in [0.15, 0.2) is 29.2 Å². The Labute approximate surface area is 201 Å². The standard InChI is InChI=1S/C25H37N5O4/c1-9-15(2)28-22(32)17-10-16(11-18(26)12-17)19-14-27-21(29-25(6,7)8)23(33)30(19)34-20(31)13-24(3,4)5/h10-12,14-15H,9,13,26H2,1-8H3,(H,27,29)(H,28,32)/t15-/m1/s1. The molecule has 1 aromatic heterocycles. The van der Waals surface area contributed by atoms with Gasteiger partial charge in [-0.15, -0.1) is 4.73 Å². The molecule has 0 aliphatic rings. The quantitative estimate of drug-likeness (QED) is 0.526. The van der Waals surface area contributed by atoms with Crippen LogP contribution in [0, 0.1) is 5.41 Å². The predicted molar refractivity (Wildman–Crippen MR) is 135 cm³/mol. The van der Waals surface area contributed by atoms with E-state index in [0.29, 0.717) is 16.8 Å². The zero-order valence-electron chi connectivity index (χ0n) is 21.4. The van der Waals surface area contributed by atoms with Crippen molar-refractivity contribution in [3.8, 4) is 11.3 Å². The number of hydrogen-bond donors (Lipinski definition) is 3. The molecule has 1 heterocycles. The molecule has 2 aromatic rings. The van der Waals surface area contributed by atoms with Crippen molar-refractivity contribution in [2.45, 2.75) is 79.8 Å². The predicted octanol–water partition coefficient (Wildman–Crippen LogP) is 3.62. The lowest BCUT2D eigenvalue weighted by Crippen LogP contribution is -2.38. The van der Waals surface area contributed by atoms with Crippen molar-refractivity contribution in [3.05, 3.63) is 40.3 Å². The normalized spacial score (nSPS) is 12.7. The third kappa shape index (κ3) is 7.60. The SMILES string of the molecule is CC[C@@H](C)NC(=O)c1cc(N)cc(-c2cnc(NC(C)(C)C)c(=O)n2OC(=O)CC(C)(C)C)c1. The number of nitrogens with zero attached hydrogens (tertiary/aromatic N) is 2. The fourth-order valence-electron chi connectivity index (χ4n) is 3.07.